The lowest BCUT2D eigenvalue weighted by Crippen LogP contribution is -2.22. The Morgan fingerprint density at radius 3 is 2.89 bits per heavy atom. The van der Waals surface area contributed by atoms with Crippen molar-refractivity contribution in [1.82, 2.24) is 15.3 Å². The minimum absolute atomic E-state index is 0.444. The van der Waals surface area contributed by atoms with Gasteiger partial charge in [0.2, 0.25) is 0 Å². The van der Waals surface area contributed by atoms with Gasteiger partial charge in [0.1, 0.15) is 6.61 Å². The molecular weight excluding hydrogens is 258 g/mol. The van der Waals surface area contributed by atoms with Gasteiger partial charge in [-0.25, -0.2) is 9.97 Å². The Morgan fingerprint density at radius 2 is 2.26 bits per heavy atom. The fourth-order valence-electron chi connectivity index (χ4n) is 1.56. The maximum atomic E-state index is 5.58. The van der Waals surface area contributed by atoms with Gasteiger partial charge in [-0.2, -0.15) is 0 Å². The molecule has 0 atom stereocenters. The Hall–Kier alpha value is -1.46. The van der Waals surface area contributed by atoms with Crippen LogP contribution in [0.1, 0.15) is 30.0 Å². The van der Waals surface area contributed by atoms with E-state index >= 15 is 0 Å². The van der Waals surface area contributed by atoms with Crippen LogP contribution in [-0.2, 0) is 13.2 Å². The molecule has 0 amide bonds. The van der Waals surface area contributed by atoms with Crippen LogP contribution in [-0.4, -0.2) is 16.0 Å². The minimum Gasteiger partial charge on any atom is -0.458 e. The Bertz CT molecular complexity index is 511. The molecule has 2 rings (SSSR count). The second-order valence-corrected chi connectivity index (χ2v) is 5.70. The molecule has 0 aliphatic carbocycles. The topological polar surface area (TPSA) is 47.0 Å². The monoisotopic (exact) mass is 277 g/mol. The summed E-state index contributed by atoms with van der Waals surface area (Å²) in [6.07, 6.45) is 1.83. The quantitative estimate of drug-likeness (QED) is 0.882. The van der Waals surface area contributed by atoms with Crippen LogP contribution in [0.25, 0.3) is 0 Å². The van der Waals surface area contributed by atoms with Crippen molar-refractivity contribution < 1.29 is 4.74 Å². The fraction of sp³-hybridized carbons (Fsp3) is 0.429. The van der Waals surface area contributed by atoms with Gasteiger partial charge in [-0.1, -0.05) is 19.9 Å². The van der Waals surface area contributed by atoms with E-state index in [1.54, 1.807) is 11.3 Å². The summed E-state index contributed by atoms with van der Waals surface area (Å²) in [6.45, 7) is 7.54. The van der Waals surface area contributed by atoms with Crippen LogP contribution in [0.3, 0.4) is 0 Å². The van der Waals surface area contributed by atoms with E-state index in [4.69, 9.17) is 4.74 Å². The summed E-state index contributed by atoms with van der Waals surface area (Å²) in [5.41, 5.74) is 2.07. The number of thiophene rings is 1. The third-order valence-electron chi connectivity index (χ3n) is 2.68. The number of rotatable bonds is 6. The fourth-order valence-corrected chi connectivity index (χ4v) is 2.17. The first kappa shape index (κ1) is 14.0. The van der Waals surface area contributed by atoms with E-state index in [9.17, 15) is 0 Å². The average molecular weight is 277 g/mol. The molecule has 2 heterocycles. The summed E-state index contributed by atoms with van der Waals surface area (Å²) in [6, 6.07) is 4.95. The minimum atomic E-state index is 0.444. The molecule has 102 valence electrons. The summed E-state index contributed by atoms with van der Waals surface area (Å²) < 4.78 is 5.58. The Kier molecular flexibility index (Phi) is 4.87. The van der Waals surface area contributed by atoms with Crippen molar-refractivity contribution in [1.29, 1.82) is 0 Å². The van der Waals surface area contributed by atoms with Crippen LogP contribution in [0, 0.1) is 6.92 Å². The second-order valence-electron chi connectivity index (χ2n) is 4.67. The first-order valence-electron chi connectivity index (χ1n) is 6.36. The molecule has 0 fully saturated rings. The van der Waals surface area contributed by atoms with Gasteiger partial charge >= 0.3 is 6.01 Å². The molecule has 19 heavy (non-hydrogen) atoms. The molecule has 0 saturated carbocycles. The van der Waals surface area contributed by atoms with Crippen molar-refractivity contribution in [2.45, 2.75) is 40.0 Å². The van der Waals surface area contributed by atoms with Gasteiger partial charge < -0.3 is 10.1 Å². The molecule has 0 aliphatic rings. The van der Waals surface area contributed by atoms with E-state index in [1.165, 1.54) is 4.88 Å². The van der Waals surface area contributed by atoms with Crippen LogP contribution in [0.2, 0.25) is 0 Å². The van der Waals surface area contributed by atoms with Gasteiger partial charge in [0.25, 0.3) is 0 Å². The number of hydrogen-bond acceptors (Lipinski definition) is 5. The normalized spacial score (nSPS) is 10.9. The molecule has 0 radical (unpaired) electrons. The number of nitrogens with zero attached hydrogens (tertiary/aromatic N) is 2. The summed E-state index contributed by atoms with van der Waals surface area (Å²) >= 11 is 1.67. The van der Waals surface area contributed by atoms with Gasteiger partial charge in [-0.3, -0.25) is 0 Å². The van der Waals surface area contributed by atoms with E-state index in [1.807, 2.05) is 30.6 Å². The average Bonchev–Trinajstić information content (AvgIpc) is 2.88. The van der Waals surface area contributed by atoms with Crippen LogP contribution in [0.4, 0.5) is 0 Å². The van der Waals surface area contributed by atoms with Gasteiger partial charge in [0, 0.05) is 34.9 Å². The largest absolute Gasteiger partial charge is 0.458 e. The summed E-state index contributed by atoms with van der Waals surface area (Å²) in [5, 5.41) is 5.39. The van der Waals surface area contributed by atoms with E-state index in [0.29, 0.717) is 18.7 Å². The highest BCUT2D eigenvalue weighted by Gasteiger charge is 2.05. The molecule has 0 aromatic carbocycles. The zero-order valence-corrected chi connectivity index (χ0v) is 12.3. The standard InChI is InChI=1S/C14H19N3OS/c1-10(2)15-7-12-8-16-14(17-11(12)3)18-9-13-5-4-6-19-13/h4-6,8,10,15H,7,9H2,1-3H3. The van der Waals surface area contributed by atoms with E-state index < -0.39 is 0 Å². The highest BCUT2D eigenvalue weighted by Crippen LogP contribution is 2.13. The Balaban J connectivity index is 1.94. The maximum absolute atomic E-state index is 5.58. The molecule has 0 unspecified atom stereocenters. The van der Waals surface area contributed by atoms with Crippen molar-refractivity contribution in [2.24, 2.45) is 0 Å². The van der Waals surface area contributed by atoms with Crippen molar-refractivity contribution in [3.8, 4) is 6.01 Å². The predicted octanol–water partition coefficient (Wildman–Crippen LogP) is 2.92. The third kappa shape index (κ3) is 4.29. The molecule has 0 aliphatic heterocycles. The number of nitrogens with one attached hydrogen (secondary N) is 1. The van der Waals surface area contributed by atoms with E-state index in [0.717, 1.165) is 17.8 Å². The van der Waals surface area contributed by atoms with Gasteiger partial charge in [0.05, 0.1) is 0 Å². The molecule has 0 spiro atoms. The van der Waals surface area contributed by atoms with E-state index in [2.05, 4.69) is 29.1 Å². The predicted molar refractivity (Wildman–Crippen MR) is 77.4 cm³/mol. The summed E-state index contributed by atoms with van der Waals surface area (Å²) in [5.74, 6) is 0. The zero-order valence-electron chi connectivity index (χ0n) is 11.5. The van der Waals surface area contributed by atoms with Crippen molar-refractivity contribution in [3.63, 3.8) is 0 Å². The molecule has 2 aromatic rings. The lowest BCUT2D eigenvalue weighted by Gasteiger charge is -2.10. The number of ether oxygens (including phenoxy) is 1. The molecule has 2 aromatic heterocycles. The lowest BCUT2D eigenvalue weighted by atomic mass is 10.2. The van der Waals surface area contributed by atoms with Gasteiger partial charge in [-0.05, 0) is 18.4 Å². The van der Waals surface area contributed by atoms with Crippen molar-refractivity contribution >= 4 is 11.3 Å². The highest BCUT2D eigenvalue weighted by atomic mass is 32.1. The van der Waals surface area contributed by atoms with Crippen molar-refractivity contribution in [2.75, 3.05) is 0 Å². The molecule has 1 N–H and O–H groups in total. The lowest BCUT2D eigenvalue weighted by molar-refractivity contribution is 0.283. The number of hydrogen-bond donors (Lipinski definition) is 1. The highest BCUT2D eigenvalue weighted by molar-refractivity contribution is 7.09. The van der Waals surface area contributed by atoms with Crippen molar-refractivity contribution in [3.05, 3.63) is 39.8 Å². The van der Waals surface area contributed by atoms with Crippen LogP contribution < -0.4 is 10.1 Å². The molecule has 4 nitrogen and oxygen atoms in total. The van der Waals surface area contributed by atoms with Crippen LogP contribution in [0.5, 0.6) is 6.01 Å². The molecule has 0 saturated heterocycles. The van der Waals surface area contributed by atoms with Crippen LogP contribution >= 0.6 is 11.3 Å². The second kappa shape index (κ2) is 6.63. The number of aryl methyl sites for hydroxylation is 1. The third-order valence-corrected chi connectivity index (χ3v) is 3.53. The zero-order chi connectivity index (χ0) is 13.7. The van der Waals surface area contributed by atoms with Crippen LogP contribution in [0.15, 0.2) is 23.7 Å². The summed E-state index contributed by atoms with van der Waals surface area (Å²) in [7, 11) is 0. The maximum Gasteiger partial charge on any atom is 0.316 e. The van der Waals surface area contributed by atoms with E-state index in [-0.39, 0.29) is 0 Å². The molecule has 5 heteroatoms. The Labute approximate surface area is 117 Å². The molecular formula is C14H19N3OS. The van der Waals surface area contributed by atoms with Gasteiger partial charge in [-0.15, -0.1) is 11.3 Å². The first-order chi connectivity index (χ1) is 9.15. The summed E-state index contributed by atoms with van der Waals surface area (Å²) in [4.78, 5) is 9.80. The Morgan fingerprint density at radius 1 is 1.42 bits per heavy atom. The first-order valence-corrected chi connectivity index (χ1v) is 7.24. The smallest absolute Gasteiger partial charge is 0.316 e. The number of aromatic nitrogens is 2. The van der Waals surface area contributed by atoms with Gasteiger partial charge in [0.15, 0.2) is 0 Å². The molecule has 0 bridgehead atoms. The SMILES string of the molecule is Cc1nc(OCc2cccs2)ncc1CNC(C)C.